The molecule has 2 rings (SSSR count). The highest BCUT2D eigenvalue weighted by molar-refractivity contribution is 5.81. The zero-order chi connectivity index (χ0) is 16.8. The number of hydrogen-bond donors (Lipinski definition) is 0. The van der Waals surface area contributed by atoms with Crippen molar-refractivity contribution in [3.8, 4) is 6.07 Å². The lowest BCUT2D eigenvalue weighted by Gasteiger charge is -2.38. The van der Waals surface area contributed by atoms with Gasteiger partial charge in [-0.15, -0.1) is 0 Å². The molecule has 23 heavy (non-hydrogen) atoms. The largest absolute Gasteiger partial charge is 0.368 e. The first-order valence-corrected chi connectivity index (χ1v) is 8.21. The highest BCUT2D eigenvalue weighted by Crippen LogP contribution is 2.16. The van der Waals surface area contributed by atoms with Gasteiger partial charge in [0.2, 0.25) is 5.91 Å². The van der Waals surface area contributed by atoms with Crippen LogP contribution in [0.25, 0.3) is 0 Å². The number of carbonyl (C=O) groups excluding carboxylic acids is 1. The predicted molar refractivity (Wildman–Crippen MR) is 92.1 cm³/mol. The van der Waals surface area contributed by atoms with Crippen LogP contribution in [0.2, 0.25) is 0 Å². The molecule has 0 spiro atoms. The van der Waals surface area contributed by atoms with Crippen molar-refractivity contribution < 1.29 is 4.79 Å². The van der Waals surface area contributed by atoms with Gasteiger partial charge in [0.1, 0.15) is 0 Å². The average molecular weight is 314 g/mol. The third-order valence-corrected chi connectivity index (χ3v) is 4.51. The van der Waals surface area contributed by atoms with Crippen molar-refractivity contribution in [3.63, 3.8) is 0 Å². The minimum atomic E-state index is -0.186. The van der Waals surface area contributed by atoms with E-state index in [-0.39, 0.29) is 17.9 Å². The van der Waals surface area contributed by atoms with Crippen molar-refractivity contribution in [3.05, 3.63) is 30.3 Å². The number of hydrogen-bond acceptors (Lipinski definition) is 4. The zero-order valence-electron chi connectivity index (χ0n) is 14.3. The first kappa shape index (κ1) is 17.3. The van der Waals surface area contributed by atoms with Gasteiger partial charge in [-0.25, -0.2) is 0 Å². The topological polar surface area (TPSA) is 50.6 Å². The van der Waals surface area contributed by atoms with E-state index in [0.29, 0.717) is 6.54 Å². The Morgan fingerprint density at radius 3 is 2.39 bits per heavy atom. The lowest BCUT2D eigenvalue weighted by Crippen LogP contribution is -2.54. The summed E-state index contributed by atoms with van der Waals surface area (Å²) < 4.78 is 0. The van der Waals surface area contributed by atoms with Crippen LogP contribution in [0.5, 0.6) is 0 Å². The summed E-state index contributed by atoms with van der Waals surface area (Å²) in [5.74, 6) is 0.0931. The van der Waals surface area contributed by atoms with E-state index in [9.17, 15) is 4.79 Å². The molecule has 124 valence electrons. The van der Waals surface area contributed by atoms with Gasteiger partial charge in [0.15, 0.2) is 0 Å². The number of likely N-dealkylation sites (N-methyl/N-ethyl adjacent to an activating group) is 1. The number of benzene rings is 1. The third kappa shape index (κ3) is 4.46. The van der Waals surface area contributed by atoms with Crippen molar-refractivity contribution in [1.29, 1.82) is 5.26 Å². The summed E-state index contributed by atoms with van der Waals surface area (Å²) in [5.41, 5.74) is 1.22. The van der Waals surface area contributed by atoms with Gasteiger partial charge >= 0.3 is 0 Å². The number of amides is 1. The zero-order valence-corrected chi connectivity index (χ0v) is 14.3. The van der Waals surface area contributed by atoms with Crippen LogP contribution in [0, 0.1) is 17.2 Å². The highest BCUT2D eigenvalue weighted by Gasteiger charge is 2.27. The van der Waals surface area contributed by atoms with E-state index in [1.54, 1.807) is 0 Å². The number of piperazine rings is 1. The van der Waals surface area contributed by atoms with Gasteiger partial charge in [0, 0.05) is 38.4 Å². The second kappa shape index (κ2) is 7.98. The van der Waals surface area contributed by atoms with Crippen LogP contribution in [0.3, 0.4) is 0 Å². The Balaban J connectivity index is 1.87. The average Bonchev–Trinajstić information content (AvgIpc) is 2.61. The number of rotatable bonds is 5. The van der Waals surface area contributed by atoms with Crippen LogP contribution in [0.1, 0.15) is 13.8 Å². The SMILES string of the molecule is C[C@H](C#N)CN(C)[C@@H](C)C(=O)N1CCN(c2ccccc2)CC1. The van der Waals surface area contributed by atoms with Crippen LogP contribution in [-0.2, 0) is 4.79 Å². The normalized spacial score (nSPS) is 17.7. The summed E-state index contributed by atoms with van der Waals surface area (Å²) in [6, 6.07) is 12.4. The van der Waals surface area contributed by atoms with Gasteiger partial charge in [-0.2, -0.15) is 5.26 Å². The summed E-state index contributed by atoms with van der Waals surface area (Å²) in [6.45, 7) is 7.65. The minimum absolute atomic E-state index is 0.0647. The lowest BCUT2D eigenvalue weighted by molar-refractivity contribution is -0.136. The second-order valence-corrected chi connectivity index (χ2v) is 6.29. The van der Waals surface area contributed by atoms with E-state index < -0.39 is 0 Å². The maximum atomic E-state index is 12.6. The predicted octanol–water partition coefficient (Wildman–Crippen LogP) is 1.82. The Morgan fingerprint density at radius 1 is 1.22 bits per heavy atom. The van der Waals surface area contributed by atoms with Crippen LogP contribution < -0.4 is 4.90 Å². The number of nitriles is 1. The fourth-order valence-electron chi connectivity index (χ4n) is 2.91. The van der Waals surface area contributed by atoms with E-state index >= 15 is 0 Å². The Bertz CT molecular complexity index is 546. The Kier molecular flexibility index (Phi) is 6.00. The molecular formula is C18H26N4O. The molecule has 0 saturated carbocycles. The molecule has 5 nitrogen and oxygen atoms in total. The molecule has 0 N–H and O–H groups in total. The molecule has 1 aliphatic heterocycles. The molecule has 0 radical (unpaired) electrons. The summed E-state index contributed by atoms with van der Waals surface area (Å²) in [4.78, 5) is 18.9. The van der Waals surface area contributed by atoms with E-state index in [1.165, 1.54) is 5.69 Å². The van der Waals surface area contributed by atoms with Gasteiger partial charge in [-0.05, 0) is 33.0 Å². The van der Waals surface area contributed by atoms with Gasteiger partial charge in [0.25, 0.3) is 0 Å². The molecule has 1 aromatic rings. The molecule has 1 amide bonds. The first-order chi connectivity index (χ1) is 11.0. The van der Waals surface area contributed by atoms with Crippen molar-refractivity contribution >= 4 is 11.6 Å². The highest BCUT2D eigenvalue weighted by atomic mass is 16.2. The molecular weight excluding hydrogens is 288 g/mol. The van der Waals surface area contributed by atoms with Gasteiger partial charge in [-0.3, -0.25) is 9.69 Å². The molecule has 2 atom stereocenters. The fourth-order valence-corrected chi connectivity index (χ4v) is 2.91. The maximum absolute atomic E-state index is 12.6. The van der Waals surface area contributed by atoms with Gasteiger partial charge in [-0.1, -0.05) is 18.2 Å². The maximum Gasteiger partial charge on any atom is 0.239 e. The van der Waals surface area contributed by atoms with E-state index in [1.807, 2.05) is 48.9 Å². The molecule has 1 heterocycles. The summed E-state index contributed by atoms with van der Waals surface area (Å²) in [5, 5.41) is 8.91. The molecule has 1 aromatic carbocycles. The third-order valence-electron chi connectivity index (χ3n) is 4.51. The molecule has 0 aromatic heterocycles. The number of para-hydroxylation sites is 1. The number of carbonyl (C=O) groups is 1. The Labute approximate surface area is 139 Å². The van der Waals surface area contributed by atoms with Gasteiger partial charge in [0.05, 0.1) is 18.0 Å². The van der Waals surface area contributed by atoms with Crippen molar-refractivity contribution in [2.24, 2.45) is 5.92 Å². The first-order valence-electron chi connectivity index (χ1n) is 8.21. The molecule has 1 aliphatic rings. The molecule has 1 fully saturated rings. The standard InChI is InChI=1S/C18H26N4O/c1-15(13-19)14-20(3)16(2)18(23)22-11-9-21(10-12-22)17-7-5-4-6-8-17/h4-8,15-16H,9-12,14H2,1-3H3/t15-,16+/m1/s1. The van der Waals surface area contributed by atoms with E-state index in [2.05, 4.69) is 23.1 Å². The molecule has 1 saturated heterocycles. The smallest absolute Gasteiger partial charge is 0.239 e. The van der Waals surface area contributed by atoms with Gasteiger partial charge < -0.3 is 9.80 Å². The fraction of sp³-hybridized carbons (Fsp3) is 0.556. The summed E-state index contributed by atoms with van der Waals surface area (Å²) >= 11 is 0. The summed E-state index contributed by atoms with van der Waals surface area (Å²) in [6.07, 6.45) is 0. The number of anilines is 1. The lowest BCUT2D eigenvalue weighted by atomic mass is 10.1. The monoisotopic (exact) mass is 314 g/mol. The second-order valence-electron chi connectivity index (χ2n) is 6.29. The number of nitrogens with zero attached hydrogens (tertiary/aromatic N) is 4. The molecule has 0 unspecified atom stereocenters. The van der Waals surface area contributed by atoms with E-state index in [4.69, 9.17) is 5.26 Å². The minimum Gasteiger partial charge on any atom is -0.368 e. The van der Waals surface area contributed by atoms with Crippen molar-refractivity contribution in [2.75, 3.05) is 44.7 Å². The quantitative estimate of drug-likeness (QED) is 0.832. The van der Waals surface area contributed by atoms with Crippen LogP contribution in [0.4, 0.5) is 5.69 Å². The Morgan fingerprint density at radius 2 is 1.83 bits per heavy atom. The van der Waals surface area contributed by atoms with Crippen molar-refractivity contribution in [2.45, 2.75) is 19.9 Å². The van der Waals surface area contributed by atoms with E-state index in [0.717, 1.165) is 26.2 Å². The van der Waals surface area contributed by atoms with Crippen LogP contribution in [0.15, 0.2) is 30.3 Å². The molecule has 0 aliphatic carbocycles. The van der Waals surface area contributed by atoms with Crippen LogP contribution >= 0.6 is 0 Å². The summed E-state index contributed by atoms with van der Waals surface area (Å²) in [7, 11) is 1.91. The van der Waals surface area contributed by atoms with Crippen LogP contribution in [-0.4, -0.2) is 61.5 Å². The molecule has 0 bridgehead atoms. The molecule has 5 heteroatoms. The Hall–Kier alpha value is -2.06. The van der Waals surface area contributed by atoms with Crippen molar-refractivity contribution in [1.82, 2.24) is 9.80 Å².